The van der Waals surface area contributed by atoms with Gasteiger partial charge in [-0.3, -0.25) is 14.4 Å². The SMILES string of the molecule is Cc1oc2c(c1C(=O)N1CC(C(=O)O)C(C3CC3)C1)C(=O)CCC2. The van der Waals surface area contributed by atoms with Crippen LogP contribution in [0.5, 0.6) is 0 Å². The molecular weight excluding hydrogens is 310 g/mol. The van der Waals surface area contributed by atoms with Gasteiger partial charge in [-0.05, 0) is 38.0 Å². The Kier molecular flexibility index (Phi) is 3.51. The van der Waals surface area contributed by atoms with Gasteiger partial charge in [0, 0.05) is 25.9 Å². The molecule has 0 aromatic carbocycles. The van der Waals surface area contributed by atoms with Crippen molar-refractivity contribution in [2.45, 2.75) is 39.0 Å². The van der Waals surface area contributed by atoms with Gasteiger partial charge >= 0.3 is 5.97 Å². The number of amides is 1. The van der Waals surface area contributed by atoms with Gasteiger partial charge in [-0.15, -0.1) is 0 Å². The Morgan fingerprint density at radius 2 is 1.96 bits per heavy atom. The van der Waals surface area contributed by atoms with Gasteiger partial charge in [-0.25, -0.2) is 0 Å². The van der Waals surface area contributed by atoms with Crippen LogP contribution in [0.3, 0.4) is 0 Å². The van der Waals surface area contributed by atoms with Crippen molar-refractivity contribution in [2.75, 3.05) is 13.1 Å². The molecule has 6 nitrogen and oxygen atoms in total. The number of carboxylic acids is 1. The van der Waals surface area contributed by atoms with Crippen LogP contribution in [0.25, 0.3) is 0 Å². The summed E-state index contributed by atoms with van der Waals surface area (Å²) in [4.78, 5) is 38.4. The third-order valence-corrected chi connectivity index (χ3v) is 5.65. The summed E-state index contributed by atoms with van der Waals surface area (Å²) >= 11 is 0. The minimum absolute atomic E-state index is 0.0326. The van der Waals surface area contributed by atoms with Gasteiger partial charge in [-0.1, -0.05) is 0 Å². The summed E-state index contributed by atoms with van der Waals surface area (Å²) in [5, 5.41) is 9.47. The molecule has 128 valence electrons. The topological polar surface area (TPSA) is 87.8 Å². The first-order chi connectivity index (χ1) is 11.5. The van der Waals surface area contributed by atoms with E-state index in [0.29, 0.717) is 48.0 Å². The van der Waals surface area contributed by atoms with E-state index in [9.17, 15) is 19.5 Å². The van der Waals surface area contributed by atoms with E-state index in [1.54, 1.807) is 11.8 Å². The zero-order chi connectivity index (χ0) is 17.0. The molecule has 1 aliphatic heterocycles. The van der Waals surface area contributed by atoms with Crippen molar-refractivity contribution in [3.05, 3.63) is 22.6 Å². The number of aliphatic carboxylic acids is 1. The number of carbonyl (C=O) groups excluding carboxylic acids is 2. The molecule has 2 fully saturated rings. The minimum Gasteiger partial charge on any atom is -0.481 e. The predicted octanol–water partition coefficient (Wildman–Crippen LogP) is 2.29. The lowest BCUT2D eigenvalue weighted by Gasteiger charge is -2.17. The van der Waals surface area contributed by atoms with Crippen molar-refractivity contribution < 1.29 is 23.9 Å². The molecule has 0 radical (unpaired) electrons. The third-order valence-electron chi connectivity index (χ3n) is 5.65. The number of carbonyl (C=O) groups is 3. The van der Waals surface area contributed by atoms with Crippen LogP contribution in [0, 0.1) is 24.7 Å². The maximum atomic E-state index is 13.0. The molecule has 2 atom stereocenters. The predicted molar refractivity (Wildman–Crippen MR) is 84.0 cm³/mol. The van der Waals surface area contributed by atoms with E-state index in [1.807, 2.05) is 0 Å². The van der Waals surface area contributed by atoms with Crippen LogP contribution in [0.15, 0.2) is 4.42 Å². The van der Waals surface area contributed by atoms with Gasteiger partial charge in [0.15, 0.2) is 5.78 Å². The number of ketones is 1. The highest BCUT2D eigenvalue weighted by Gasteiger charge is 2.47. The van der Waals surface area contributed by atoms with Crippen molar-refractivity contribution in [3.63, 3.8) is 0 Å². The fourth-order valence-corrected chi connectivity index (χ4v) is 4.28. The van der Waals surface area contributed by atoms with Crippen LogP contribution in [-0.2, 0) is 11.2 Å². The number of hydrogen-bond acceptors (Lipinski definition) is 4. The largest absolute Gasteiger partial charge is 0.481 e. The Morgan fingerprint density at radius 1 is 1.21 bits per heavy atom. The lowest BCUT2D eigenvalue weighted by atomic mass is 9.92. The summed E-state index contributed by atoms with van der Waals surface area (Å²) in [5.74, 6) is -0.0763. The summed E-state index contributed by atoms with van der Waals surface area (Å²) < 4.78 is 5.66. The number of fused-ring (bicyclic) bond motifs is 1. The molecule has 1 saturated heterocycles. The summed E-state index contributed by atoms with van der Waals surface area (Å²) in [6, 6.07) is 0. The summed E-state index contributed by atoms with van der Waals surface area (Å²) in [7, 11) is 0. The zero-order valence-corrected chi connectivity index (χ0v) is 13.7. The molecule has 3 aliphatic rings. The average Bonchev–Trinajstić information content (AvgIpc) is 3.17. The first-order valence-corrected chi connectivity index (χ1v) is 8.65. The van der Waals surface area contributed by atoms with Gasteiger partial charge in [-0.2, -0.15) is 0 Å². The molecule has 0 spiro atoms. The summed E-state index contributed by atoms with van der Waals surface area (Å²) in [6.07, 6.45) is 3.97. The highest BCUT2D eigenvalue weighted by atomic mass is 16.4. The van der Waals surface area contributed by atoms with Gasteiger partial charge in [0.05, 0.1) is 17.0 Å². The fraction of sp³-hybridized carbons (Fsp3) is 0.611. The standard InChI is InChI=1S/C18H21NO5/c1-9-15(16-13(20)3-2-4-14(16)24-9)17(21)19-7-11(10-5-6-10)12(8-19)18(22)23/h10-12H,2-8H2,1H3,(H,22,23). The molecule has 4 rings (SSSR count). The van der Waals surface area contributed by atoms with E-state index in [0.717, 1.165) is 19.3 Å². The molecule has 2 heterocycles. The van der Waals surface area contributed by atoms with Gasteiger partial charge in [0.2, 0.25) is 0 Å². The van der Waals surface area contributed by atoms with Crippen LogP contribution < -0.4 is 0 Å². The van der Waals surface area contributed by atoms with E-state index >= 15 is 0 Å². The van der Waals surface area contributed by atoms with Gasteiger partial charge < -0.3 is 14.4 Å². The lowest BCUT2D eigenvalue weighted by Crippen LogP contribution is -2.31. The Bertz CT molecular complexity index is 730. The smallest absolute Gasteiger partial charge is 0.308 e. The molecule has 2 unspecified atom stereocenters. The second-order valence-corrected chi connectivity index (χ2v) is 7.26. The van der Waals surface area contributed by atoms with Crippen molar-refractivity contribution in [1.82, 2.24) is 4.90 Å². The van der Waals surface area contributed by atoms with E-state index in [1.165, 1.54) is 0 Å². The number of rotatable bonds is 3. The number of aryl methyl sites for hydroxylation is 2. The van der Waals surface area contributed by atoms with Crippen LogP contribution in [0.4, 0.5) is 0 Å². The van der Waals surface area contributed by atoms with E-state index in [-0.39, 0.29) is 24.2 Å². The van der Waals surface area contributed by atoms with E-state index in [4.69, 9.17) is 4.42 Å². The number of hydrogen-bond donors (Lipinski definition) is 1. The van der Waals surface area contributed by atoms with Crippen molar-refractivity contribution in [3.8, 4) is 0 Å². The van der Waals surface area contributed by atoms with Crippen molar-refractivity contribution in [1.29, 1.82) is 0 Å². The molecule has 1 saturated carbocycles. The van der Waals surface area contributed by atoms with E-state index < -0.39 is 11.9 Å². The third kappa shape index (κ3) is 2.36. The Morgan fingerprint density at radius 3 is 2.62 bits per heavy atom. The molecule has 24 heavy (non-hydrogen) atoms. The number of Topliss-reactive ketones (excluding diaryl/α,β-unsaturated/α-hetero) is 1. The Balaban J connectivity index is 1.64. The first kappa shape index (κ1) is 15.4. The maximum Gasteiger partial charge on any atom is 0.308 e. The second-order valence-electron chi connectivity index (χ2n) is 7.26. The number of nitrogens with zero attached hydrogens (tertiary/aromatic N) is 1. The van der Waals surface area contributed by atoms with Crippen molar-refractivity contribution in [2.24, 2.45) is 17.8 Å². The zero-order valence-electron chi connectivity index (χ0n) is 13.7. The highest BCUT2D eigenvalue weighted by molar-refractivity contribution is 6.10. The maximum absolute atomic E-state index is 13.0. The van der Waals surface area contributed by atoms with Gasteiger partial charge in [0.25, 0.3) is 5.91 Å². The first-order valence-electron chi connectivity index (χ1n) is 8.65. The summed E-state index contributed by atoms with van der Waals surface area (Å²) in [5.41, 5.74) is 0.792. The van der Waals surface area contributed by atoms with E-state index in [2.05, 4.69) is 0 Å². The minimum atomic E-state index is -0.829. The molecule has 2 aliphatic carbocycles. The Labute approximate surface area is 139 Å². The summed E-state index contributed by atoms with van der Waals surface area (Å²) in [6.45, 7) is 2.40. The fourth-order valence-electron chi connectivity index (χ4n) is 4.28. The van der Waals surface area contributed by atoms with Crippen LogP contribution in [0.2, 0.25) is 0 Å². The number of likely N-dealkylation sites (tertiary alicyclic amines) is 1. The number of furan rings is 1. The second kappa shape index (κ2) is 5.46. The molecule has 6 heteroatoms. The molecular formula is C18H21NO5. The molecule has 0 bridgehead atoms. The van der Waals surface area contributed by atoms with Crippen LogP contribution >= 0.6 is 0 Å². The normalized spacial score (nSPS) is 26.5. The van der Waals surface area contributed by atoms with Crippen molar-refractivity contribution >= 4 is 17.7 Å². The number of carboxylic acid groups (broad SMARTS) is 1. The lowest BCUT2D eigenvalue weighted by molar-refractivity contribution is -0.142. The van der Waals surface area contributed by atoms with Crippen LogP contribution in [0.1, 0.15) is 57.9 Å². The average molecular weight is 331 g/mol. The molecule has 1 amide bonds. The monoisotopic (exact) mass is 331 g/mol. The highest BCUT2D eigenvalue weighted by Crippen LogP contribution is 2.44. The molecule has 1 N–H and O–H groups in total. The molecule has 1 aromatic heterocycles. The van der Waals surface area contributed by atoms with Crippen LogP contribution in [-0.4, -0.2) is 40.8 Å². The molecule has 1 aromatic rings. The van der Waals surface area contributed by atoms with Gasteiger partial charge in [0.1, 0.15) is 11.5 Å². The quantitative estimate of drug-likeness (QED) is 0.918. The Hall–Kier alpha value is -2.11.